The van der Waals surface area contributed by atoms with E-state index in [9.17, 15) is 13.6 Å². The number of alkyl halides is 2. The van der Waals surface area contributed by atoms with E-state index in [2.05, 4.69) is 10.6 Å². The van der Waals surface area contributed by atoms with Crippen LogP contribution in [0.5, 0.6) is 17.2 Å². The molecule has 0 aromatic heterocycles. The molecular weight excluding hydrogens is 310 g/mol. The highest BCUT2D eigenvalue weighted by Gasteiger charge is 2.42. The van der Waals surface area contributed by atoms with Crippen LogP contribution in [0.3, 0.4) is 0 Å². The van der Waals surface area contributed by atoms with E-state index in [1.807, 2.05) is 0 Å². The largest absolute Gasteiger partial charge is 0.496 e. The first-order valence-electron chi connectivity index (χ1n) is 7.08. The highest BCUT2D eigenvalue weighted by atomic mass is 19.3. The van der Waals surface area contributed by atoms with Crippen molar-refractivity contribution in [2.24, 2.45) is 0 Å². The number of carbonyl (C=O) groups is 1. The molecule has 1 atom stereocenters. The molecule has 0 aliphatic carbocycles. The third-order valence-corrected chi connectivity index (χ3v) is 3.68. The van der Waals surface area contributed by atoms with Gasteiger partial charge in [0.2, 0.25) is 5.91 Å². The number of ether oxygens (including phenoxy) is 3. The van der Waals surface area contributed by atoms with Gasteiger partial charge in [-0.05, 0) is 0 Å². The number of hydrogen-bond acceptors (Lipinski definition) is 5. The van der Waals surface area contributed by atoms with Gasteiger partial charge >= 0.3 is 0 Å². The number of hydrogen-bond donors (Lipinski definition) is 2. The van der Waals surface area contributed by atoms with Crippen molar-refractivity contribution in [1.82, 2.24) is 10.6 Å². The molecule has 1 heterocycles. The molecule has 2 rings (SSSR count). The molecule has 0 bridgehead atoms. The van der Waals surface area contributed by atoms with Crippen LogP contribution in [-0.4, -0.2) is 45.7 Å². The average molecular weight is 330 g/mol. The van der Waals surface area contributed by atoms with E-state index in [4.69, 9.17) is 14.2 Å². The minimum Gasteiger partial charge on any atom is -0.496 e. The molecule has 2 N–H and O–H groups in total. The Labute approximate surface area is 133 Å². The van der Waals surface area contributed by atoms with E-state index >= 15 is 0 Å². The monoisotopic (exact) mass is 330 g/mol. The molecular formula is C15H20F2N2O4. The second-order valence-electron chi connectivity index (χ2n) is 5.22. The van der Waals surface area contributed by atoms with Gasteiger partial charge in [0.1, 0.15) is 17.2 Å². The number of rotatable bonds is 6. The van der Waals surface area contributed by atoms with Crippen molar-refractivity contribution >= 4 is 5.91 Å². The Hall–Kier alpha value is -2.09. The van der Waals surface area contributed by atoms with E-state index in [-0.39, 0.29) is 6.54 Å². The van der Waals surface area contributed by atoms with Crippen LogP contribution in [-0.2, 0) is 11.3 Å². The van der Waals surface area contributed by atoms with Crippen molar-refractivity contribution in [2.45, 2.75) is 24.9 Å². The number of nitrogens with one attached hydrogen (secondary N) is 2. The summed E-state index contributed by atoms with van der Waals surface area (Å²) in [4.78, 5) is 12.0. The molecule has 23 heavy (non-hydrogen) atoms. The maximum Gasteiger partial charge on any atom is 0.262 e. The first-order valence-corrected chi connectivity index (χ1v) is 7.08. The van der Waals surface area contributed by atoms with E-state index in [0.717, 1.165) is 0 Å². The fourth-order valence-corrected chi connectivity index (χ4v) is 2.45. The number of amides is 1. The first kappa shape index (κ1) is 17.3. The van der Waals surface area contributed by atoms with Crippen LogP contribution in [0.15, 0.2) is 12.1 Å². The Morgan fingerprint density at radius 1 is 1.26 bits per heavy atom. The molecule has 0 radical (unpaired) electrons. The van der Waals surface area contributed by atoms with Gasteiger partial charge in [-0.15, -0.1) is 0 Å². The lowest BCUT2D eigenvalue weighted by atomic mass is 10.1. The normalized spacial score (nSPS) is 19.3. The summed E-state index contributed by atoms with van der Waals surface area (Å²) in [6, 6.07) is 2.41. The van der Waals surface area contributed by atoms with E-state index in [1.165, 1.54) is 21.3 Å². The average Bonchev–Trinajstić information content (AvgIpc) is 2.91. The van der Waals surface area contributed by atoms with Gasteiger partial charge in [0, 0.05) is 18.6 Å². The molecule has 0 saturated carbocycles. The van der Waals surface area contributed by atoms with Crippen molar-refractivity contribution < 1.29 is 27.8 Å². The van der Waals surface area contributed by atoms with Gasteiger partial charge in [0.25, 0.3) is 5.92 Å². The molecule has 1 unspecified atom stereocenters. The smallest absolute Gasteiger partial charge is 0.262 e. The summed E-state index contributed by atoms with van der Waals surface area (Å²) < 4.78 is 42.0. The molecule has 1 aromatic rings. The van der Waals surface area contributed by atoms with Crippen molar-refractivity contribution in [3.63, 3.8) is 0 Å². The SMILES string of the molecule is COc1cc(OC)c(CNC(=O)C2CC(F)(F)CN2)c(OC)c1. The highest BCUT2D eigenvalue weighted by Crippen LogP contribution is 2.34. The summed E-state index contributed by atoms with van der Waals surface area (Å²) in [6.45, 7) is -0.390. The summed E-state index contributed by atoms with van der Waals surface area (Å²) >= 11 is 0. The standard InChI is InChI=1S/C15H20F2N2O4/c1-21-9-4-12(22-2)10(13(5-9)23-3)7-18-14(20)11-6-15(16,17)8-19-11/h4-5,11,19H,6-8H2,1-3H3,(H,18,20). The summed E-state index contributed by atoms with van der Waals surface area (Å²) in [5.74, 6) is -1.83. The molecule has 1 amide bonds. The first-order chi connectivity index (χ1) is 10.9. The molecule has 1 aliphatic heterocycles. The zero-order chi connectivity index (χ0) is 17.0. The number of methoxy groups -OCH3 is 3. The molecule has 1 saturated heterocycles. The summed E-state index contributed by atoms with van der Waals surface area (Å²) in [5, 5.41) is 5.14. The number of carbonyl (C=O) groups excluding carboxylic acids is 1. The van der Waals surface area contributed by atoms with Crippen LogP contribution in [0.4, 0.5) is 8.78 Å². The Morgan fingerprint density at radius 3 is 2.30 bits per heavy atom. The molecule has 128 valence electrons. The Morgan fingerprint density at radius 2 is 1.87 bits per heavy atom. The zero-order valence-corrected chi connectivity index (χ0v) is 13.2. The Kier molecular flexibility index (Phi) is 5.25. The Bertz CT molecular complexity index is 556. The van der Waals surface area contributed by atoms with Crippen LogP contribution in [0.2, 0.25) is 0 Å². The van der Waals surface area contributed by atoms with Gasteiger partial charge in [0.15, 0.2) is 0 Å². The second kappa shape index (κ2) is 6.99. The lowest BCUT2D eigenvalue weighted by molar-refractivity contribution is -0.123. The molecule has 8 heteroatoms. The molecule has 0 spiro atoms. The van der Waals surface area contributed by atoms with Crippen LogP contribution in [0, 0.1) is 0 Å². The lowest BCUT2D eigenvalue weighted by Crippen LogP contribution is -2.40. The van der Waals surface area contributed by atoms with Gasteiger partial charge in [-0.2, -0.15) is 0 Å². The topological polar surface area (TPSA) is 68.8 Å². The molecule has 6 nitrogen and oxygen atoms in total. The predicted molar refractivity (Wildman–Crippen MR) is 79.3 cm³/mol. The third-order valence-electron chi connectivity index (χ3n) is 3.68. The summed E-state index contributed by atoms with van der Waals surface area (Å²) in [7, 11) is 4.48. The van der Waals surface area contributed by atoms with E-state index in [0.29, 0.717) is 22.8 Å². The maximum absolute atomic E-state index is 13.1. The van der Waals surface area contributed by atoms with Crippen LogP contribution in [0.25, 0.3) is 0 Å². The van der Waals surface area contributed by atoms with Gasteiger partial charge in [-0.25, -0.2) is 8.78 Å². The zero-order valence-electron chi connectivity index (χ0n) is 13.2. The van der Waals surface area contributed by atoms with Gasteiger partial charge in [0.05, 0.1) is 46.0 Å². The fourth-order valence-electron chi connectivity index (χ4n) is 2.45. The fraction of sp³-hybridized carbons (Fsp3) is 0.533. The molecule has 1 aliphatic rings. The highest BCUT2D eigenvalue weighted by molar-refractivity contribution is 5.82. The molecule has 1 fully saturated rings. The minimum atomic E-state index is -2.85. The lowest BCUT2D eigenvalue weighted by Gasteiger charge is -2.17. The van der Waals surface area contributed by atoms with Crippen molar-refractivity contribution in [2.75, 3.05) is 27.9 Å². The third kappa shape index (κ3) is 4.01. The molecule has 1 aromatic carbocycles. The van der Waals surface area contributed by atoms with E-state index < -0.39 is 30.8 Å². The number of benzene rings is 1. The predicted octanol–water partition coefficient (Wildman–Crippen LogP) is 1.33. The van der Waals surface area contributed by atoms with Crippen LogP contribution in [0.1, 0.15) is 12.0 Å². The quantitative estimate of drug-likeness (QED) is 0.823. The van der Waals surface area contributed by atoms with Gasteiger partial charge in [-0.3, -0.25) is 10.1 Å². The van der Waals surface area contributed by atoms with E-state index in [1.54, 1.807) is 12.1 Å². The van der Waals surface area contributed by atoms with Crippen molar-refractivity contribution in [3.8, 4) is 17.2 Å². The second-order valence-corrected chi connectivity index (χ2v) is 5.22. The van der Waals surface area contributed by atoms with Gasteiger partial charge < -0.3 is 19.5 Å². The number of halogens is 2. The van der Waals surface area contributed by atoms with Gasteiger partial charge in [-0.1, -0.05) is 0 Å². The maximum atomic E-state index is 13.1. The minimum absolute atomic E-state index is 0.0962. The summed E-state index contributed by atoms with van der Waals surface area (Å²) in [6.07, 6.45) is -0.504. The van der Waals surface area contributed by atoms with Crippen molar-refractivity contribution in [1.29, 1.82) is 0 Å². The van der Waals surface area contributed by atoms with Crippen LogP contribution >= 0.6 is 0 Å². The Balaban J connectivity index is 2.09. The van der Waals surface area contributed by atoms with Crippen LogP contribution < -0.4 is 24.8 Å². The summed E-state index contributed by atoms with van der Waals surface area (Å²) in [5.41, 5.74) is 0.605. The van der Waals surface area contributed by atoms with Crippen molar-refractivity contribution in [3.05, 3.63) is 17.7 Å².